The van der Waals surface area contributed by atoms with Crippen molar-refractivity contribution >= 4 is 11.7 Å². The van der Waals surface area contributed by atoms with Gasteiger partial charge in [-0.3, -0.25) is 10.2 Å². The van der Waals surface area contributed by atoms with Crippen molar-refractivity contribution in [1.82, 2.24) is 4.98 Å². The third-order valence-electron chi connectivity index (χ3n) is 3.69. The molecule has 1 aromatic heterocycles. The lowest BCUT2D eigenvalue weighted by Gasteiger charge is -2.04. The molecule has 0 aliphatic rings. The molecule has 0 aliphatic carbocycles. The zero-order chi connectivity index (χ0) is 17.8. The summed E-state index contributed by atoms with van der Waals surface area (Å²) in [5.74, 6) is -0.170. The number of carbonyl (C=O) groups is 1. The first-order valence-corrected chi connectivity index (χ1v) is 8.01. The van der Waals surface area contributed by atoms with Crippen molar-refractivity contribution in [3.05, 3.63) is 71.4 Å². The average Bonchev–Trinajstić information content (AvgIpc) is 3.06. The lowest BCUT2D eigenvalue weighted by atomic mass is 10.1. The minimum atomic E-state index is -0.436. The van der Waals surface area contributed by atoms with Crippen LogP contribution in [0.5, 0.6) is 5.95 Å². The third-order valence-corrected chi connectivity index (χ3v) is 3.69. The number of hydrogen-bond donors (Lipinski definition) is 1. The van der Waals surface area contributed by atoms with Crippen LogP contribution in [0.1, 0.15) is 30.2 Å². The van der Waals surface area contributed by atoms with Gasteiger partial charge in [0.15, 0.2) is 5.69 Å². The maximum Gasteiger partial charge on any atom is 0.323 e. The smallest absolute Gasteiger partial charge is 0.323 e. The van der Waals surface area contributed by atoms with Crippen LogP contribution >= 0.6 is 0 Å². The van der Waals surface area contributed by atoms with E-state index >= 15 is 0 Å². The van der Waals surface area contributed by atoms with Gasteiger partial charge >= 0.3 is 11.9 Å². The van der Waals surface area contributed by atoms with Gasteiger partial charge in [0.25, 0.3) is 0 Å². The number of hydrogen-bond acceptors (Lipinski definition) is 5. The quantitative estimate of drug-likeness (QED) is 0.555. The molecule has 3 aromatic rings. The first-order valence-electron chi connectivity index (χ1n) is 8.01. The molecule has 126 valence electrons. The summed E-state index contributed by atoms with van der Waals surface area (Å²) in [6.07, 6.45) is 0.207. The number of benzene rings is 2. The number of rotatable bonds is 5. The Morgan fingerprint density at radius 1 is 1.12 bits per heavy atom. The van der Waals surface area contributed by atoms with E-state index in [1.807, 2.05) is 61.5 Å². The van der Waals surface area contributed by atoms with Crippen LogP contribution in [0.4, 0.5) is 0 Å². The van der Waals surface area contributed by atoms with Gasteiger partial charge in [-0.05, 0) is 19.1 Å². The normalized spacial score (nSPS) is 10.5. The van der Waals surface area contributed by atoms with Crippen molar-refractivity contribution in [3.63, 3.8) is 0 Å². The Morgan fingerprint density at radius 2 is 1.80 bits per heavy atom. The van der Waals surface area contributed by atoms with E-state index in [2.05, 4.69) is 4.98 Å². The summed E-state index contributed by atoms with van der Waals surface area (Å²) < 4.78 is 10.9. The molecule has 0 fully saturated rings. The van der Waals surface area contributed by atoms with Crippen molar-refractivity contribution in [2.45, 2.75) is 20.3 Å². The molecule has 0 saturated heterocycles. The third kappa shape index (κ3) is 3.66. The molecule has 25 heavy (non-hydrogen) atoms. The highest BCUT2D eigenvalue weighted by Crippen LogP contribution is 2.29. The van der Waals surface area contributed by atoms with Crippen molar-refractivity contribution in [1.29, 1.82) is 5.41 Å². The number of oxazole rings is 1. The van der Waals surface area contributed by atoms with Crippen LogP contribution < -0.4 is 4.74 Å². The molecule has 0 radical (unpaired) electrons. The highest BCUT2D eigenvalue weighted by Gasteiger charge is 2.22. The Bertz CT molecular complexity index is 896. The lowest BCUT2D eigenvalue weighted by molar-refractivity contribution is -0.135. The zero-order valence-corrected chi connectivity index (χ0v) is 14.1. The Kier molecular flexibility index (Phi) is 4.75. The fourth-order valence-corrected chi connectivity index (χ4v) is 2.27. The number of nitrogens with zero attached hydrogens (tertiary/aromatic N) is 1. The first-order chi connectivity index (χ1) is 12.1. The van der Waals surface area contributed by atoms with Gasteiger partial charge in [0.05, 0.1) is 5.71 Å². The number of aromatic nitrogens is 1. The molecule has 1 heterocycles. The van der Waals surface area contributed by atoms with E-state index < -0.39 is 5.97 Å². The van der Waals surface area contributed by atoms with Crippen LogP contribution in [0.25, 0.3) is 11.5 Å². The summed E-state index contributed by atoms with van der Waals surface area (Å²) >= 11 is 0. The minimum absolute atomic E-state index is 0.0451. The molecule has 0 bridgehead atoms. The second kappa shape index (κ2) is 7.13. The molecule has 0 aliphatic heterocycles. The van der Waals surface area contributed by atoms with Crippen LogP contribution in [0.15, 0.2) is 59.0 Å². The van der Waals surface area contributed by atoms with Crippen LogP contribution in [-0.2, 0) is 4.79 Å². The van der Waals surface area contributed by atoms with Crippen molar-refractivity contribution in [3.8, 4) is 17.4 Å². The Morgan fingerprint density at radius 3 is 2.44 bits per heavy atom. The topological polar surface area (TPSA) is 76.2 Å². The summed E-state index contributed by atoms with van der Waals surface area (Å²) in [5, 5.41) is 8.45. The molecule has 5 nitrogen and oxygen atoms in total. The van der Waals surface area contributed by atoms with E-state index in [1.54, 1.807) is 6.92 Å². The highest BCUT2D eigenvalue weighted by atomic mass is 16.6. The number of aryl methyl sites for hydroxylation is 1. The van der Waals surface area contributed by atoms with E-state index in [0.29, 0.717) is 11.5 Å². The standard InChI is InChI=1S/C20H18N2O3/c1-3-16(23)24-20-18(17(21)14-11-9-13(2)10-12-14)22-19(25-20)15-7-5-4-6-8-15/h4-12,21H,3H2,1-2H3. The monoisotopic (exact) mass is 334 g/mol. The van der Waals surface area contributed by atoms with Gasteiger partial charge in [0, 0.05) is 17.5 Å². The number of carbonyl (C=O) groups excluding carboxylic acids is 1. The van der Waals surface area contributed by atoms with Crippen LogP contribution in [0, 0.1) is 12.3 Å². The fourth-order valence-electron chi connectivity index (χ4n) is 2.27. The highest BCUT2D eigenvalue weighted by molar-refractivity contribution is 6.11. The zero-order valence-electron chi connectivity index (χ0n) is 14.1. The summed E-state index contributed by atoms with van der Waals surface area (Å²) in [7, 11) is 0. The molecule has 3 rings (SSSR count). The molecular weight excluding hydrogens is 316 g/mol. The minimum Gasteiger partial charge on any atom is -0.405 e. The average molecular weight is 334 g/mol. The van der Waals surface area contributed by atoms with E-state index in [0.717, 1.165) is 11.1 Å². The van der Waals surface area contributed by atoms with Crippen LogP contribution in [-0.4, -0.2) is 16.7 Å². The Balaban J connectivity index is 2.03. The number of esters is 1. The van der Waals surface area contributed by atoms with E-state index in [9.17, 15) is 4.79 Å². The molecular formula is C20H18N2O3. The molecule has 0 amide bonds. The summed E-state index contributed by atoms with van der Waals surface area (Å²) in [4.78, 5) is 16.1. The van der Waals surface area contributed by atoms with Gasteiger partial charge in [-0.25, -0.2) is 4.98 Å². The Hall–Kier alpha value is -3.21. The van der Waals surface area contributed by atoms with Crippen molar-refractivity contribution in [2.24, 2.45) is 0 Å². The fraction of sp³-hybridized carbons (Fsp3) is 0.150. The summed E-state index contributed by atoms with van der Waals surface area (Å²) in [6.45, 7) is 3.67. The molecule has 0 atom stereocenters. The number of ether oxygens (including phenoxy) is 1. The van der Waals surface area contributed by atoms with E-state index in [4.69, 9.17) is 14.6 Å². The molecule has 1 N–H and O–H groups in total. The Labute approximate surface area is 145 Å². The molecule has 5 heteroatoms. The number of nitrogens with one attached hydrogen (secondary N) is 1. The molecule has 0 spiro atoms. The van der Waals surface area contributed by atoms with Gasteiger partial charge in [-0.1, -0.05) is 55.0 Å². The predicted octanol–water partition coefficient (Wildman–Crippen LogP) is 4.38. The van der Waals surface area contributed by atoms with Crippen LogP contribution in [0.2, 0.25) is 0 Å². The maximum atomic E-state index is 11.7. The van der Waals surface area contributed by atoms with Crippen molar-refractivity contribution < 1.29 is 13.9 Å². The van der Waals surface area contributed by atoms with Gasteiger partial charge < -0.3 is 9.15 Å². The lowest BCUT2D eigenvalue weighted by Crippen LogP contribution is -2.10. The van der Waals surface area contributed by atoms with Crippen LogP contribution in [0.3, 0.4) is 0 Å². The van der Waals surface area contributed by atoms with Gasteiger partial charge in [-0.2, -0.15) is 0 Å². The molecule has 2 aromatic carbocycles. The predicted molar refractivity (Wildman–Crippen MR) is 95.0 cm³/mol. The summed E-state index contributed by atoms with van der Waals surface area (Å²) in [6, 6.07) is 16.8. The first kappa shape index (κ1) is 16.6. The van der Waals surface area contributed by atoms with Gasteiger partial charge in [-0.15, -0.1) is 0 Å². The molecule has 0 saturated carbocycles. The maximum absolute atomic E-state index is 11.7. The van der Waals surface area contributed by atoms with Gasteiger partial charge in [0.1, 0.15) is 0 Å². The van der Waals surface area contributed by atoms with E-state index in [1.165, 1.54) is 0 Å². The van der Waals surface area contributed by atoms with E-state index in [-0.39, 0.29) is 23.8 Å². The summed E-state index contributed by atoms with van der Waals surface area (Å²) in [5.41, 5.74) is 2.88. The van der Waals surface area contributed by atoms with Crippen molar-refractivity contribution in [2.75, 3.05) is 0 Å². The second-order valence-corrected chi connectivity index (χ2v) is 5.59. The SMILES string of the molecule is CCC(=O)Oc1oc(-c2ccccc2)nc1C(=N)c1ccc(C)cc1. The largest absolute Gasteiger partial charge is 0.405 e. The molecule has 0 unspecified atom stereocenters. The van der Waals surface area contributed by atoms with Gasteiger partial charge in [0.2, 0.25) is 5.89 Å². The second-order valence-electron chi connectivity index (χ2n) is 5.59.